The van der Waals surface area contributed by atoms with E-state index >= 15 is 0 Å². The van der Waals surface area contributed by atoms with Crippen molar-refractivity contribution in [2.75, 3.05) is 18.5 Å². The van der Waals surface area contributed by atoms with Gasteiger partial charge in [0, 0.05) is 31.4 Å². The molecule has 1 saturated heterocycles. The van der Waals surface area contributed by atoms with Gasteiger partial charge in [0.2, 0.25) is 0 Å². The highest BCUT2D eigenvalue weighted by molar-refractivity contribution is 5.33. The summed E-state index contributed by atoms with van der Waals surface area (Å²) in [5.41, 5.74) is -0.632. The highest BCUT2D eigenvalue weighted by Gasteiger charge is 2.17. The highest BCUT2D eigenvalue weighted by Crippen LogP contribution is 2.21. The van der Waals surface area contributed by atoms with Gasteiger partial charge in [-0.25, -0.2) is 4.79 Å². The summed E-state index contributed by atoms with van der Waals surface area (Å²) < 4.78 is 6.57. The molecule has 1 unspecified atom stereocenters. The van der Waals surface area contributed by atoms with Crippen molar-refractivity contribution in [2.45, 2.75) is 52.1 Å². The maximum absolute atomic E-state index is 12.0. The minimum Gasteiger partial charge on any atom is -0.381 e. The number of H-pyrrole nitrogens is 1. The maximum atomic E-state index is 12.0. The second kappa shape index (κ2) is 6.93. The summed E-state index contributed by atoms with van der Waals surface area (Å²) in [5.74, 6) is 1.14. The Morgan fingerprint density at radius 1 is 1.33 bits per heavy atom. The van der Waals surface area contributed by atoms with E-state index in [1.54, 1.807) is 0 Å². The third kappa shape index (κ3) is 4.20. The van der Waals surface area contributed by atoms with Crippen molar-refractivity contribution in [3.05, 3.63) is 26.9 Å². The van der Waals surface area contributed by atoms with E-state index in [1.165, 1.54) is 10.6 Å². The normalized spacial score (nSPS) is 17.9. The van der Waals surface area contributed by atoms with Crippen LogP contribution in [0, 0.1) is 5.92 Å². The first-order valence-electron chi connectivity index (χ1n) is 7.67. The van der Waals surface area contributed by atoms with Gasteiger partial charge in [0.1, 0.15) is 5.82 Å². The van der Waals surface area contributed by atoms with Gasteiger partial charge in [-0.05, 0) is 46.0 Å². The molecule has 1 aliphatic heterocycles. The maximum Gasteiger partial charge on any atom is 0.330 e. The first-order chi connectivity index (χ1) is 9.97. The van der Waals surface area contributed by atoms with Crippen LogP contribution >= 0.6 is 0 Å². The molecule has 21 heavy (non-hydrogen) atoms. The molecule has 0 aromatic carbocycles. The molecule has 6 nitrogen and oxygen atoms in total. The van der Waals surface area contributed by atoms with Gasteiger partial charge in [0.15, 0.2) is 0 Å². The number of hydrogen-bond acceptors (Lipinski definition) is 4. The minimum absolute atomic E-state index is 0.144. The topological polar surface area (TPSA) is 76.1 Å². The molecule has 0 saturated carbocycles. The van der Waals surface area contributed by atoms with Crippen molar-refractivity contribution in [2.24, 2.45) is 5.92 Å². The van der Waals surface area contributed by atoms with E-state index in [9.17, 15) is 9.59 Å². The van der Waals surface area contributed by atoms with Gasteiger partial charge in [-0.1, -0.05) is 0 Å². The number of aromatic nitrogens is 2. The van der Waals surface area contributed by atoms with Crippen LogP contribution < -0.4 is 16.6 Å². The number of hydrogen-bond donors (Lipinski definition) is 2. The quantitative estimate of drug-likeness (QED) is 0.867. The van der Waals surface area contributed by atoms with Crippen molar-refractivity contribution in [3.63, 3.8) is 0 Å². The molecule has 0 aliphatic carbocycles. The Balaban J connectivity index is 2.02. The summed E-state index contributed by atoms with van der Waals surface area (Å²) in [5, 5.41) is 3.23. The standard InChI is InChI=1S/C15H25N3O3/c1-10(2)18-14(19)9-13(17-15(18)20)16-11(3)8-12-4-6-21-7-5-12/h9-12,16H,4-8H2,1-3H3,(H,17,20). The molecule has 1 aromatic heterocycles. The molecule has 0 radical (unpaired) electrons. The Morgan fingerprint density at radius 2 is 2.00 bits per heavy atom. The zero-order chi connectivity index (χ0) is 15.4. The van der Waals surface area contributed by atoms with Gasteiger partial charge in [-0.15, -0.1) is 0 Å². The van der Waals surface area contributed by atoms with Gasteiger partial charge in [0.25, 0.3) is 5.56 Å². The lowest BCUT2D eigenvalue weighted by atomic mass is 9.93. The van der Waals surface area contributed by atoms with Gasteiger partial charge in [0.05, 0.1) is 0 Å². The fourth-order valence-electron chi connectivity index (χ4n) is 2.88. The predicted octanol–water partition coefficient (Wildman–Crippen LogP) is 1.73. The van der Waals surface area contributed by atoms with Crippen LogP contribution in [0.3, 0.4) is 0 Å². The average molecular weight is 295 g/mol. The molecular weight excluding hydrogens is 270 g/mol. The molecule has 0 spiro atoms. The van der Waals surface area contributed by atoms with Crippen LogP contribution in [0.25, 0.3) is 0 Å². The molecule has 1 aromatic rings. The van der Waals surface area contributed by atoms with Crippen molar-refractivity contribution < 1.29 is 4.74 Å². The zero-order valence-corrected chi connectivity index (χ0v) is 13.0. The van der Waals surface area contributed by atoms with E-state index in [4.69, 9.17) is 4.74 Å². The molecule has 2 rings (SSSR count). The largest absolute Gasteiger partial charge is 0.381 e. The lowest BCUT2D eigenvalue weighted by Gasteiger charge is -2.25. The predicted molar refractivity (Wildman–Crippen MR) is 83.0 cm³/mol. The fourth-order valence-corrected chi connectivity index (χ4v) is 2.88. The third-order valence-corrected chi connectivity index (χ3v) is 3.91. The number of nitrogens with zero attached hydrogens (tertiary/aromatic N) is 1. The van der Waals surface area contributed by atoms with Crippen LogP contribution in [0.2, 0.25) is 0 Å². The summed E-state index contributed by atoms with van der Waals surface area (Å²) in [6.07, 6.45) is 3.17. The van der Waals surface area contributed by atoms with Crippen molar-refractivity contribution in [1.82, 2.24) is 9.55 Å². The van der Waals surface area contributed by atoms with Crippen LogP contribution in [-0.2, 0) is 4.74 Å². The molecule has 2 N–H and O–H groups in total. The van der Waals surface area contributed by atoms with Crippen molar-refractivity contribution in [3.8, 4) is 0 Å². The molecule has 118 valence electrons. The lowest BCUT2D eigenvalue weighted by Crippen LogP contribution is -2.37. The molecule has 1 fully saturated rings. The van der Waals surface area contributed by atoms with Gasteiger partial charge < -0.3 is 10.1 Å². The van der Waals surface area contributed by atoms with Gasteiger partial charge in [-0.2, -0.15) is 0 Å². The van der Waals surface area contributed by atoms with E-state index in [0.717, 1.165) is 32.5 Å². The van der Waals surface area contributed by atoms with E-state index in [2.05, 4.69) is 17.2 Å². The summed E-state index contributed by atoms with van der Waals surface area (Å²) in [6, 6.07) is 1.52. The second-order valence-electron chi connectivity index (χ2n) is 6.13. The SMILES string of the molecule is CC(CC1CCOCC1)Nc1cc(=O)n(C(C)C)c(=O)[nH]1. The van der Waals surface area contributed by atoms with E-state index in [0.29, 0.717) is 11.7 Å². The van der Waals surface area contributed by atoms with Crippen molar-refractivity contribution >= 4 is 5.82 Å². The van der Waals surface area contributed by atoms with E-state index in [-0.39, 0.29) is 23.3 Å². The Labute approximate surface area is 124 Å². The van der Waals surface area contributed by atoms with Crippen LogP contribution in [0.5, 0.6) is 0 Å². The third-order valence-electron chi connectivity index (χ3n) is 3.91. The van der Waals surface area contributed by atoms with Crippen LogP contribution in [-0.4, -0.2) is 28.8 Å². The smallest absolute Gasteiger partial charge is 0.330 e. The molecule has 2 heterocycles. The van der Waals surface area contributed by atoms with Crippen LogP contribution in [0.4, 0.5) is 5.82 Å². The number of aromatic amines is 1. The molecule has 0 bridgehead atoms. The molecular formula is C15H25N3O3. The monoisotopic (exact) mass is 295 g/mol. The minimum atomic E-state index is -0.363. The number of anilines is 1. The number of ether oxygens (including phenoxy) is 1. The molecule has 1 atom stereocenters. The Hall–Kier alpha value is -1.56. The first-order valence-corrected chi connectivity index (χ1v) is 7.67. The van der Waals surface area contributed by atoms with E-state index < -0.39 is 0 Å². The second-order valence-corrected chi connectivity index (χ2v) is 6.13. The average Bonchev–Trinajstić information content (AvgIpc) is 2.38. The lowest BCUT2D eigenvalue weighted by molar-refractivity contribution is 0.0629. The fraction of sp³-hybridized carbons (Fsp3) is 0.733. The number of nitrogens with one attached hydrogen (secondary N) is 2. The Bertz CT molecular complexity index is 539. The molecule has 0 amide bonds. The summed E-state index contributed by atoms with van der Waals surface area (Å²) in [4.78, 5) is 26.6. The van der Waals surface area contributed by atoms with Crippen LogP contribution in [0.15, 0.2) is 15.7 Å². The van der Waals surface area contributed by atoms with Gasteiger partial charge >= 0.3 is 5.69 Å². The Kier molecular flexibility index (Phi) is 5.22. The summed E-state index contributed by atoms with van der Waals surface area (Å²) in [7, 11) is 0. The van der Waals surface area contributed by atoms with Crippen LogP contribution in [0.1, 0.15) is 46.1 Å². The Morgan fingerprint density at radius 3 is 2.57 bits per heavy atom. The van der Waals surface area contributed by atoms with E-state index in [1.807, 2.05) is 13.8 Å². The summed E-state index contributed by atoms with van der Waals surface area (Å²) >= 11 is 0. The molecule has 1 aliphatic rings. The summed E-state index contributed by atoms with van der Waals surface area (Å²) in [6.45, 7) is 7.37. The van der Waals surface area contributed by atoms with Crippen molar-refractivity contribution in [1.29, 1.82) is 0 Å². The molecule has 6 heteroatoms. The van der Waals surface area contributed by atoms with Gasteiger partial charge in [-0.3, -0.25) is 14.3 Å². The highest BCUT2D eigenvalue weighted by atomic mass is 16.5. The first kappa shape index (κ1) is 15.8. The number of rotatable bonds is 5. The zero-order valence-electron chi connectivity index (χ0n) is 13.0.